The van der Waals surface area contributed by atoms with Gasteiger partial charge in [0.25, 0.3) is 0 Å². The predicted molar refractivity (Wildman–Crippen MR) is 75.7 cm³/mol. The SMILES string of the molecule is CCC(N)c1nnc(C(C)(C)c2ccccc2)s1. The standard InChI is InChI=1S/C14H19N3S/c1-4-11(15)12-16-17-13(18-12)14(2,3)10-8-6-5-7-9-10/h5-9,11H,4,15H2,1-3H3. The van der Waals surface area contributed by atoms with Crippen LogP contribution in [0.5, 0.6) is 0 Å². The van der Waals surface area contributed by atoms with Crippen LogP contribution in [-0.2, 0) is 5.41 Å². The molecule has 0 aliphatic carbocycles. The average molecular weight is 261 g/mol. The van der Waals surface area contributed by atoms with Crippen molar-refractivity contribution in [2.75, 3.05) is 0 Å². The summed E-state index contributed by atoms with van der Waals surface area (Å²) in [6.07, 6.45) is 0.889. The molecule has 18 heavy (non-hydrogen) atoms. The van der Waals surface area contributed by atoms with E-state index in [1.54, 1.807) is 11.3 Å². The Labute approximate surface area is 112 Å². The molecule has 3 nitrogen and oxygen atoms in total. The molecule has 2 rings (SSSR count). The van der Waals surface area contributed by atoms with Gasteiger partial charge in [-0.1, -0.05) is 48.6 Å². The Morgan fingerprint density at radius 3 is 2.50 bits per heavy atom. The van der Waals surface area contributed by atoms with Gasteiger partial charge >= 0.3 is 0 Å². The Kier molecular flexibility index (Phi) is 3.78. The van der Waals surface area contributed by atoms with E-state index < -0.39 is 0 Å². The summed E-state index contributed by atoms with van der Waals surface area (Å²) in [5, 5.41) is 10.5. The molecule has 2 aromatic rings. The molecule has 4 heteroatoms. The van der Waals surface area contributed by atoms with Crippen molar-refractivity contribution in [3.05, 3.63) is 45.9 Å². The molecule has 0 bridgehead atoms. The molecule has 0 fully saturated rings. The number of nitrogens with two attached hydrogens (primary N) is 1. The molecule has 0 amide bonds. The van der Waals surface area contributed by atoms with Crippen LogP contribution in [0.15, 0.2) is 30.3 Å². The lowest BCUT2D eigenvalue weighted by Crippen LogP contribution is -2.18. The second-order valence-electron chi connectivity index (χ2n) is 4.95. The van der Waals surface area contributed by atoms with Crippen LogP contribution in [0.2, 0.25) is 0 Å². The summed E-state index contributed by atoms with van der Waals surface area (Å²) in [5.74, 6) is 0. The van der Waals surface area contributed by atoms with Crippen LogP contribution < -0.4 is 5.73 Å². The first-order valence-electron chi connectivity index (χ1n) is 6.20. The maximum Gasteiger partial charge on any atom is 0.134 e. The van der Waals surface area contributed by atoms with Crippen molar-refractivity contribution >= 4 is 11.3 Å². The summed E-state index contributed by atoms with van der Waals surface area (Å²) in [4.78, 5) is 0. The highest BCUT2D eigenvalue weighted by Crippen LogP contribution is 2.34. The Hall–Kier alpha value is -1.26. The highest BCUT2D eigenvalue weighted by molar-refractivity contribution is 7.11. The van der Waals surface area contributed by atoms with Crippen molar-refractivity contribution in [2.24, 2.45) is 5.73 Å². The minimum Gasteiger partial charge on any atom is -0.322 e. The molecule has 0 saturated heterocycles. The summed E-state index contributed by atoms with van der Waals surface area (Å²) < 4.78 is 0. The van der Waals surface area contributed by atoms with Crippen molar-refractivity contribution in [2.45, 2.75) is 38.6 Å². The molecule has 0 aliphatic heterocycles. The number of rotatable bonds is 4. The Bertz CT molecular complexity index is 505. The zero-order chi connectivity index (χ0) is 13.2. The van der Waals surface area contributed by atoms with E-state index in [1.807, 2.05) is 6.07 Å². The highest BCUT2D eigenvalue weighted by Gasteiger charge is 2.28. The largest absolute Gasteiger partial charge is 0.322 e. The first-order chi connectivity index (χ1) is 8.55. The normalized spacial score (nSPS) is 13.6. The Balaban J connectivity index is 2.33. The Morgan fingerprint density at radius 2 is 1.89 bits per heavy atom. The predicted octanol–water partition coefficient (Wildman–Crippen LogP) is 3.27. The minimum atomic E-state index is -0.120. The third-order valence-electron chi connectivity index (χ3n) is 3.23. The first kappa shape index (κ1) is 13.2. The van der Waals surface area contributed by atoms with Crippen molar-refractivity contribution in [3.8, 4) is 0 Å². The molecule has 1 aromatic carbocycles. The van der Waals surface area contributed by atoms with Gasteiger partial charge < -0.3 is 5.73 Å². The molecule has 2 N–H and O–H groups in total. The van der Waals surface area contributed by atoms with Crippen molar-refractivity contribution in [1.82, 2.24) is 10.2 Å². The van der Waals surface area contributed by atoms with Crippen LogP contribution in [0.1, 0.15) is 48.8 Å². The number of nitrogens with zero attached hydrogens (tertiary/aromatic N) is 2. The fourth-order valence-electron chi connectivity index (χ4n) is 1.79. The fourth-order valence-corrected chi connectivity index (χ4v) is 2.84. The molecular weight excluding hydrogens is 242 g/mol. The summed E-state index contributed by atoms with van der Waals surface area (Å²) in [7, 11) is 0. The van der Waals surface area contributed by atoms with Gasteiger partial charge in [-0.25, -0.2) is 0 Å². The van der Waals surface area contributed by atoms with Crippen molar-refractivity contribution in [3.63, 3.8) is 0 Å². The van der Waals surface area contributed by atoms with Gasteiger partial charge in [0.15, 0.2) is 0 Å². The van der Waals surface area contributed by atoms with E-state index in [0.717, 1.165) is 16.4 Å². The second-order valence-corrected chi connectivity index (χ2v) is 5.96. The van der Waals surface area contributed by atoms with Crippen molar-refractivity contribution < 1.29 is 0 Å². The smallest absolute Gasteiger partial charge is 0.134 e. The molecular formula is C14H19N3S. The average Bonchev–Trinajstić information content (AvgIpc) is 2.89. The highest BCUT2D eigenvalue weighted by atomic mass is 32.1. The van der Waals surface area contributed by atoms with Gasteiger partial charge in [0.05, 0.1) is 6.04 Å². The monoisotopic (exact) mass is 261 g/mol. The fraction of sp³-hybridized carbons (Fsp3) is 0.429. The van der Waals surface area contributed by atoms with E-state index in [-0.39, 0.29) is 11.5 Å². The summed E-state index contributed by atoms with van der Waals surface area (Å²) in [5.41, 5.74) is 7.13. The van der Waals surface area contributed by atoms with Crippen LogP contribution in [0, 0.1) is 0 Å². The number of hydrogen-bond donors (Lipinski definition) is 1. The topological polar surface area (TPSA) is 51.8 Å². The minimum absolute atomic E-state index is 0.00261. The summed E-state index contributed by atoms with van der Waals surface area (Å²) in [6, 6.07) is 10.4. The van der Waals surface area contributed by atoms with E-state index in [4.69, 9.17) is 5.73 Å². The third-order valence-corrected chi connectivity index (χ3v) is 4.61. The zero-order valence-electron chi connectivity index (χ0n) is 11.1. The van der Waals surface area contributed by atoms with Crippen LogP contribution in [-0.4, -0.2) is 10.2 Å². The molecule has 1 aromatic heterocycles. The van der Waals surface area contributed by atoms with Crippen LogP contribution >= 0.6 is 11.3 Å². The first-order valence-corrected chi connectivity index (χ1v) is 7.02. The van der Waals surface area contributed by atoms with E-state index in [2.05, 4.69) is 55.2 Å². The zero-order valence-corrected chi connectivity index (χ0v) is 11.9. The third kappa shape index (κ3) is 2.44. The van der Waals surface area contributed by atoms with E-state index >= 15 is 0 Å². The number of hydrogen-bond acceptors (Lipinski definition) is 4. The van der Waals surface area contributed by atoms with Gasteiger partial charge in [-0.05, 0) is 25.8 Å². The van der Waals surface area contributed by atoms with Crippen LogP contribution in [0.3, 0.4) is 0 Å². The van der Waals surface area contributed by atoms with Gasteiger partial charge in [-0.3, -0.25) is 0 Å². The molecule has 1 heterocycles. The molecule has 0 radical (unpaired) electrons. The summed E-state index contributed by atoms with van der Waals surface area (Å²) in [6.45, 7) is 6.41. The number of benzene rings is 1. The van der Waals surface area contributed by atoms with Crippen LogP contribution in [0.4, 0.5) is 0 Å². The maximum absolute atomic E-state index is 6.00. The molecule has 0 aliphatic rings. The molecule has 96 valence electrons. The second kappa shape index (κ2) is 5.16. The van der Waals surface area contributed by atoms with Crippen molar-refractivity contribution in [1.29, 1.82) is 0 Å². The summed E-state index contributed by atoms with van der Waals surface area (Å²) >= 11 is 1.62. The lowest BCUT2D eigenvalue weighted by Gasteiger charge is -2.21. The molecule has 0 spiro atoms. The van der Waals surface area contributed by atoms with E-state index in [9.17, 15) is 0 Å². The van der Waals surface area contributed by atoms with Crippen LogP contribution in [0.25, 0.3) is 0 Å². The van der Waals surface area contributed by atoms with E-state index in [0.29, 0.717) is 0 Å². The van der Waals surface area contributed by atoms with Gasteiger partial charge in [0.1, 0.15) is 10.0 Å². The van der Waals surface area contributed by atoms with Gasteiger partial charge in [0.2, 0.25) is 0 Å². The van der Waals surface area contributed by atoms with Gasteiger partial charge in [-0.2, -0.15) is 0 Å². The quantitative estimate of drug-likeness (QED) is 0.919. The lowest BCUT2D eigenvalue weighted by molar-refractivity contribution is 0.621. The Morgan fingerprint density at radius 1 is 1.22 bits per heavy atom. The van der Waals surface area contributed by atoms with E-state index in [1.165, 1.54) is 5.56 Å². The molecule has 0 saturated carbocycles. The maximum atomic E-state index is 6.00. The van der Waals surface area contributed by atoms with Gasteiger partial charge in [0, 0.05) is 5.41 Å². The lowest BCUT2D eigenvalue weighted by atomic mass is 9.85. The molecule has 1 unspecified atom stereocenters. The molecule has 1 atom stereocenters. The van der Waals surface area contributed by atoms with Gasteiger partial charge in [-0.15, -0.1) is 10.2 Å². The number of aromatic nitrogens is 2.